The van der Waals surface area contributed by atoms with E-state index in [0.717, 1.165) is 17.1 Å². The summed E-state index contributed by atoms with van der Waals surface area (Å²) in [6.07, 6.45) is 2.41. The number of halogens is 2. The van der Waals surface area contributed by atoms with Crippen LogP contribution in [0, 0.1) is 5.92 Å². The third-order valence-electron chi connectivity index (χ3n) is 5.08. The van der Waals surface area contributed by atoms with Crippen molar-refractivity contribution < 1.29 is 17.9 Å². The lowest BCUT2D eigenvalue weighted by Crippen LogP contribution is -2.57. The molecular formula is C17H23Cl2NO4S. The van der Waals surface area contributed by atoms with Crippen molar-refractivity contribution in [2.45, 2.75) is 43.9 Å². The SMILES string of the molecule is COC(=O)C1(N(C)S(=O)(=O)Cc2c(Cl)cccc2Cl)CCC(C)CC1. The predicted octanol–water partition coefficient (Wildman–Crippen LogP) is 3.88. The predicted molar refractivity (Wildman–Crippen MR) is 99.2 cm³/mol. The second-order valence-electron chi connectivity index (χ2n) is 6.63. The fraction of sp³-hybridized carbons (Fsp3) is 0.588. The van der Waals surface area contributed by atoms with E-state index in [-0.39, 0.29) is 15.8 Å². The Morgan fingerprint density at radius 2 is 1.80 bits per heavy atom. The van der Waals surface area contributed by atoms with Crippen LogP contribution >= 0.6 is 23.2 Å². The Hall–Kier alpha value is -0.820. The van der Waals surface area contributed by atoms with Crippen LogP contribution in [0.5, 0.6) is 0 Å². The number of carbonyl (C=O) groups excluding carboxylic acids is 1. The Kier molecular flexibility index (Phi) is 6.41. The van der Waals surface area contributed by atoms with Crippen LogP contribution in [0.15, 0.2) is 18.2 Å². The second kappa shape index (κ2) is 7.82. The van der Waals surface area contributed by atoms with E-state index in [1.54, 1.807) is 18.2 Å². The van der Waals surface area contributed by atoms with E-state index in [4.69, 9.17) is 27.9 Å². The van der Waals surface area contributed by atoms with Crippen molar-refractivity contribution in [3.63, 3.8) is 0 Å². The van der Waals surface area contributed by atoms with Crippen LogP contribution in [0.3, 0.4) is 0 Å². The number of hydrogen-bond donors (Lipinski definition) is 0. The molecule has 1 aromatic rings. The average Bonchev–Trinajstić information content (AvgIpc) is 2.58. The molecule has 140 valence electrons. The van der Waals surface area contributed by atoms with Gasteiger partial charge in [0.15, 0.2) is 0 Å². The minimum atomic E-state index is -3.83. The molecule has 0 bridgehead atoms. The van der Waals surface area contributed by atoms with Gasteiger partial charge in [0.1, 0.15) is 5.54 Å². The number of nitrogens with zero attached hydrogens (tertiary/aromatic N) is 1. The van der Waals surface area contributed by atoms with Crippen LogP contribution in [0.1, 0.15) is 38.2 Å². The van der Waals surface area contributed by atoms with Crippen molar-refractivity contribution in [2.75, 3.05) is 14.2 Å². The molecular weight excluding hydrogens is 385 g/mol. The van der Waals surface area contributed by atoms with Gasteiger partial charge in [0.2, 0.25) is 10.0 Å². The number of carbonyl (C=O) groups is 1. The van der Waals surface area contributed by atoms with Gasteiger partial charge in [0, 0.05) is 22.7 Å². The van der Waals surface area contributed by atoms with Gasteiger partial charge in [-0.3, -0.25) is 4.79 Å². The average molecular weight is 408 g/mol. The zero-order valence-electron chi connectivity index (χ0n) is 14.6. The van der Waals surface area contributed by atoms with Gasteiger partial charge in [-0.1, -0.05) is 36.2 Å². The Labute approximate surface area is 159 Å². The molecule has 0 spiro atoms. The van der Waals surface area contributed by atoms with Crippen molar-refractivity contribution in [3.8, 4) is 0 Å². The number of benzene rings is 1. The van der Waals surface area contributed by atoms with Crippen LogP contribution in [0.25, 0.3) is 0 Å². The zero-order chi connectivity index (χ0) is 18.8. The molecule has 0 aromatic heterocycles. The summed E-state index contributed by atoms with van der Waals surface area (Å²) in [5, 5.41) is 0.572. The number of hydrogen-bond acceptors (Lipinski definition) is 4. The summed E-state index contributed by atoms with van der Waals surface area (Å²) in [4.78, 5) is 12.5. The summed E-state index contributed by atoms with van der Waals surface area (Å²) in [5.74, 6) is -0.432. The fourth-order valence-corrected chi connectivity index (χ4v) is 5.64. The van der Waals surface area contributed by atoms with Crippen molar-refractivity contribution in [1.29, 1.82) is 0 Å². The molecule has 0 saturated heterocycles. The van der Waals surface area contributed by atoms with Crippen molar-refractivity contribution in [3.05, 3.63) is 33.8 Å². The van der Waals surface area contributed by atoms with E-state index in [0.29, 0.717) is 24.3 Å². The highest BCUT2D eigenvalue weighted by Gasteiger charge is 2.50. The minimum absolute atomic E-state index is 0.286. The van der Waals surface area contributed by atoms with Gasteiger partial charge in [-0.05, 0) is 43.7 Å². The molecule has 5 nitrogen and oxygen atoms in total. The molecule has 0 N–H and O–H groups in total. The Morgan fingerprint density at radius 1 is 1.28 bits per heavy atom. The van der Waals surface area contributed by atoms with Gasteiger partial charge in [-0.25, -0.2) is 8.42 Å². The van der Waals surface area contributed by atoms with Crippen molar-refractivity contribution in [1.82, 2.24) is 4.31 Å². The second-order valence-corrected chi connectivity index (χ2v) is 9.44. The minimum Gasteiger partial charge on any atom is -0.468 e. The lowest BCUT2D eigenvalue weighted by Gasteiger charge is -2.42. The standard InChI is InChI=1S/C17H23Cl2NO4S/c1-12-7-9-17(10-8-12,16(21)24-3)20(2)25(22,23)11-13-14(18)5-4-6-15(13)19/h4-6,12H,7-11H2,1-3H3. The first-order chi connectivity index (χ1) is 11.6. The molecule has 1 saturated carbocycles. The van der Waals surface area contributed by atoms with Crippen LogP contribution in [-0.4, -0.2) is 38.4 Å². The maximum atomic E-state index is 13.0. The molecule has 2 rings (SSSR count). The van der Waals surface area contributed by atoms with E-state index in [1.165, 1.54) is 14.2 Å². The third-order valence-corrected chi connectivity index (χ3v) is 7.62. The van der Waals surface area contributed by atoms with Gasteiger partial charge in [0.25, 0.3) is 0 Å². The molecule has 0 amide bonds. The highest BCUT2D eigenvalue weighted by atomic mass is 35.5. The van der Waals surface area contributed by atoms with E-state index in [2.05, 4.69) is 6.92 Å². The number of esters is 1. The first kappa shape index (κ1) is 20.5. The largest absolute Gasteiger partial charge is 0.468 e. The van der Waals surface area contributed by atoms with E-state index >= 15 is 0 Å². The van der Waals surface area contributed by atoms with Gasteiger partial charge in [-0.2, -0.15) is 4.31 Å². The molecule has 1 aromatic carbocycles. The third kappa shape index (κ3) is 4.13. The highest BCUT2D eigenvalue weighted by Crippen LogP contribution is 2.39. The fourth-order valence-electron chi connectivity index (χ4n) is 3.29. The van der Waals surface area contributed by atoms with Gasteiger partial charge in [0.05, 0.1) is 12.9 Å². The molecule has 0 heterocycles. The molecule has 8 heteroatoms. The lowest BCUT2D eigenvalue weighted by molar-refractivity contribution is -0.154. The molecule has 0 unspecified atom stereocenters. The van der Waals surface area contributed by atoms with Crippen LogP contribution in [0.4, 0.5) is 0 Å². The Bertz CT molecular complexity index is 723. The quantitative estimate of drug-likeness (QED) is 0.694. The zero-order valence-corrected chi connectivity index (χ0v) is 16.9. The van der Waals surface area contributed by atoms with Gasteiger partial charge >= 0.3 is 5.97 Å². The van der Waals surface area contributed by atoms with Crippen molar-refractivity contribution in [2.24, 2.45) is 5.92 Å². The van der Waals surface area contributed by atoms with E-state index in [1.807, 2.05) is 0 Å². The maximum absolute atomic E-state index is 13.0. The van der Waals surface area contributed by atoms with E-state index in [9.17, 15) is 13.2 Å². The van der Waals surface area contributed by atoms with Gasteiger partial charge in [-0.15, -0.1) is 0 Å². The Balaban J connectivity index is 2.37. The summed E-state index contributed by atoms with van der Waals surface area (Å²) in [7, 11) is -1.10. The number of ether oxygens (including phenoxy) is 1. The van der Waals surface area contributed by atoms with Crippen LogP contribution in [-0.2, 0) is 25.3 Å². The number of sulfonamides is 1. The molecule has 0 radical (unpaired) electrons. The lowest BCUT2D eigenvalue weighted by atomic mass is 9.77. The summed E-state index contributed by atoms with van der Waals surface area (Å²) >= 11 is 12.2. The van der Waals surface area contributed by atoms with Crippen molar-refractivity contribution >= 4 is 39.2 Å². The smallest absolute Gasteiger partial charge is 0.327 e. The molecule has 1 aliphatic carbocycles. The number of rotatable bonds is 5. The number of likely N-dealkylation sites (N-methyl/N-ethyl adjacent to an activating group) is 1. The summed E-state index contributed by atoms with van der Waals surface area (Å²) < 4.78 is 32.1. The molecule has 0 atom stereocenters. The first-order valence-electron chi connectivity index (χ1n) is 8.12. The summed E-state index contributed by atoms with van der Waals surface area (Å²) in [6, 6.07) is 4.84. The van der Waals surface area contributed by atoms with Gasteiger partial charge < -0.3 is 4.74 Å². The maximum Gasteiger partial charge on any atom is 0.327 e. The van der Waals surface area contributed by atoms with Crippen LogP contribution < -0.4 is 0 Å². The summed E-state index contributed by atoms with van der Waals surface area (Å²) in [5.41, 5.74) is -0.838. The highest BCUT2D eigenvalue weighted by molar-refractivity contribution is 7.88. The topological polar surface area (TPSA) is 63.7 Å². The first-order valence-corrected chi connectivity index (χ1v) is 10.5. The van der Waals surface area contributed by atoms with Crippen LogP contribution in [0.2, 0.25) is 10.0 Å². The molecule has 1 fully saturated rings. The Morgan fingerprint density at radius 3 is 2.28 bits per heavy atom. The number of methoxy groups -OCH3 is 1. The molecule has 25 heavy (non-hydrogen) atoms. The molecule has 0 aliphatic heterocycles. The summed E-state index contributed by atoms with van der Waals surface area (Å²) in [6.45, 7) is 2.10. The monoisotopic (exact) mass is 407 g/mol. The molecule has 1 aliphatic rings. The normalized spacial score (nSPS) is 24.3. The van der Waals surface area contributed by atoms with E-state index < -0.39 is 21.5 Å².